The molecule has 7 heteroatoms. The second-order valence-electron chi connectivity index (χ2n) is 8.74. The molecular weight excluding hydrogens is 406 g/mol. The lowest BCUT2D eigenvalue weighted by molar-refractivity contribution is -0.142. The maximum atomic E-state index is 13.4. The van der Waals surface area contributed by atoms with Gasteiger partial charge >= 0.3 is 6.03 Å². The number of para-hydroxylation sites is 1. The average molecular weight is 434 g/mol. The van der Waals surface area contributed by atoms with Crippen molar-refractivity contribution in [2.75, 3.05) is 11.4 Å². The van der Waals surface area contributed by atoms with E-state index >= 15 is 0 Å². The van der Waals surface area contributed by atoms with Crippen molar-refractivity contribution in [1.82, 2.24) is 10.2 Å². The molecule has 1 aliphatic carbocycles. The zero-order valence-electron chi connectivity index (χ0n) is 17.9. The van der Waals surface area contributed by atoms with E-state index in [1.807, 2.05) is 30.3 Å². The Bertz CT molecular complexity index is 1000. The maximum absolute atomic E-state index is 13.4. The van der Waals surface area contributed by atoms with Crippen LogP contribution in [0.15, 0.2) is 54.6 Å². The van der Waals surface area contributed by atoms with E-state index in [1.54, 1.807) is 29.2 Å². The summed E-state index contributed by atoms with van der Waals surface area (Å²) in [6.45, 7) is 0.508. The quantitative estimate of drug-likeness (QED) is 0.788. The molecule has 5 rings (SSSR count). The zero-order valence-corrected chi connectivity index (χ0v) is 17.9. The Morgan fingerprint density at radius 2 is 1.56 bits per heavy atom. The van der Waals surface area contributed by atoms with Crippen molar-refractivity contribution in [3.8, 4) is 11.5 Å². The van der Waals surface area contributed by atoms with E-state index in [0.717, 1.165) is 30.6 Å². The van der Waals surface area contributed by atoms with Gasteiger partial charge in [-0.05, 0) is 55.7 Å². The number of benzene rings is 2. The third-order valence-electron chi connectivity index (χ3n) is 6.69. The number of likely N-dealkylation sites (tertiary alicyclic amines) is 1. The lowest BCUT2D eigenvalue weighted by atomic mass is 9.88. The number of carbonyl (C=O) groups is 3. The van der Waals surface area contributed by atoms with E-state index in [2.05, 4.69) is 5.32 Å². The Labute approximate surface area is 187 Å². The fourth-order valence-corrected chi connectivity index (χ4v) is 5.07. The van der Waals surface area contributed by atoms with Crippen LogP contribution in [0.5, 0.6) is 11.5 Å². The smallest absolute Gasteiger partial charge is 0.329 e. The third-order valence-corrected chi connectivity index (χ3v) is 6.69. The van der Waals surface area contributed by atoms with E-state index in [1.165, 1.54) is 6.42 Å². The van der Waals surface area contributed by atoms with Gasteiger partial charge in [0, 0.05) is 12.5 Å². The molecule has 4 amide bonds. The highest BCUT2D eigenvalue weighted by molar-refractivity contribution is 6.19. The van der Waals surface area contributed by atoms with Gasteiger partial charge in [0.15, 0.2) is 0 Å². The van der Waals surface area contributed by atoms with Crippen molar-refractivity contribution >= 4 is 23.5 Å². The standard InChI is InChI=1S/C25H27N3O4/c29-23(17-7-3-1-4-8-17)27-16-15-21-22(27)24(30)28(25(31)26-21)18-11-13-20(14-12-18)32-19-9-5-2-6-10-19/h2,5-6,9-14,17,21-22H,1,3-4,7-8,15-16H2,(H,26,31). The van der Waals surface area contributed by atoms with Crippen molar-refractivity contribution in [2.45, 2.75) is 50.6 Å². The molecule has 0 aromatic heterocycles. The summed E-state index contributed by atoms with van der Waals surface area (Å²) in [5, 5.41) is 2.94. The highest BCUT2D eigenvalue weighted by atomic mass is 16.5. The molecule has 2 atom stereocenters. The first-order valence-electron chi connectivity index (χ1n) is 11.4. The highest BCUT2D eigenvalue weighted by Gasteiger charge is 2.50. The molecule has 1 N–H and O–H groups in total. The van der Waals surface area contributed by atoms with Crippen LogP contribution in [-0.4, -0.2) is 41.4 Å². The van der Waals surface area contributed by atoms with Crippen molar-refractivity contribution in [3.63, 3.8) is 0 Å². The zero-order chi connectivity index (χ0) is 22.1. The van der Waals surface area contributed by atoms with E-state index in [-0.39, 0.29) is 23.8 Å². The van der Waals surface area contributed by atoms with Gasteiger partial charge in [0.25, 0.3) is 5.91 Å². The third kappa shape index (κ3) is 3.83. The number of amides is 4. The first-order chi connectivity index (χ1) is 15.6. The molecule has 2 aromatic carbocycles. The molecule has 2 saturated heterocycles. The molecule has 0 radical (unpaired) electrons. The Hall–Kier alpha value is -3.35. The molecule has 7 nitrogen and oxygen atoms in total. The average Bonchev–Trinajstić information content (AvgIpc) is 3.25. The van der Waals surface area contributed by atoms with Crippen LogP contribution >= 0.6 is 0 Å². The lowest BCUT2D eigenvalue weighted by Gasteiger charge is -2.38. The number of nitrogens with zero attached hydrogens (tertiary/aromatic N) is 2. The number of hydrogen-bond donors (Lipinski definition) is 1. The highest BCUT2D eigenvalue weighted by Crippen LogP contribution is 2.33. The van der Waals surface area contributed by atoms with E-state index in [9.17, 15) is 14.4 Å². The monoisotopic (exact) mass is 433 g/mol. The second kappa shape index (κ2) is 8.65. The number of fused-ring (bicyclic) bond motifs is 1. The van der Waals surface area contributed by atoms with Gasteiger partial charge in [-0.25, -0.2) is 9.69 Å². The number of carbonyl (C=O) groups excluding carboxylic acids is 3. The van der Waals surface area contributed by atoms with E-state index < -0.39 is 12.1 Å². The summed E-state index contributed by atoms with van der Waals surface area (Å²) >= 11 is 0. The molecule has 32 heavy (non-hydrogen) atoms. The van der Waals surface area contributed by atoms with Crippen molar-refractivity contribution in [3.05, 3.63) is 54.6 Å². The summed E-state index contributed by atoms with van der Waals surface area (Å²) in [5.74, 6) is 1.04. The van der Waals surface area contributed by atoms with Gasteiger partial charge in [0.2, 0.25) is 5.91 Å². The second-order valence-corrected chi connectivity index (χ2v) is 8.74. The van der Waals surface area contributed by atoms with Gasteiger partial charge in [0.1, 0.15) is 17.5 Å². The molecule has 3 aliphatic rings. The van der Waals surface area contributed by atoms with Gasteiger partial charge in [-0.2, -0.15) is 0 Å². The van der Waals surface area contributed by atoms with Gasteiger partial charge in [-0.1, -0.05) is 37.5 Å². The Morgan fingerprint density at radius 3 is 2.28 bits per heavy atom. The number of ether oxygens (including phenoxy) is 1. The fraction of sp³-hybridized carbons (Fsp3) is 0.400. The minimum atomic E-state index is -0.637. The molecule has 0 spiro atoms. The molecule has 1 saturated carbocycles. The summed E-state index contributed by atoms with van der Waals surface area (Å²) in [7, 11) is 0. The molecule has 0 bridgehead atoms. The summed E-state index contributed by atoms with van der Waals surface area (Å²) in [6, 6.07) is 14.8. The summed E-state index contributed by atoms with van der Waals surface area (Å²) in [4.78, 5) is 42.2. The first kappa shape index (κ1) is 20.5. The van der Waals surface area contributed by atoms with Crippen LogP contribution in [-0.2, 0) is 9.59 Å². The minimum absolute atomic E-state index is 0.00389. The number of imide groups is 1. The lowest BCUT2D eigenvalue weighted by Crippen LogP contribution is -2.65. The normalized spacial score (nSPS) is 23.6. The first-order valence-corrected chi connectivity index (χ1v) is 11.4. The van der Waals surface area contributed by atoms with Crippen LogP contribution < -0.4 is 15.0 Å². The molecule has 2 aliphatic heterocycles. The molecular formula is C25H27N3O4. The summed E-state index contributed by atoms with van der Waals surface area (Å²) in [5.41, 5.74) is 0.461. The SMILES string of the molecule is O=C1NC2CCN(C(=O)C3CCCCC3)C2C(=O)N1c1ccc(Oc2ccccc2)cc1. The molecule has 2 heterocycles. The number of anilines is 1. The van der Waals surface area contributed by atoms with Crippen molar-refractivity contribution in [2.24, 2.45) is 5.92 Å². The Kier molecular flexibility index (Phi) is 5.55. The summed E-state index contributed by atoms with van der Waals surface area (Å²) < 4.78 is 5.80. The molecule has 2 unspecified atom stereocenters. The van der Waals surface area contributed by atoms with Crippen LogP contribution in [0.25, 0.3) is 0 Å². The van der Waals surface area contributed by atoms with Crippen molar-refractivity contribution in [1.29, 1.82) is 0 Å². The number of nitrogens with one attached hydrogen (secondary N) is 1. The predicted octanol–water partition coefficient (Wildman–Crippen LogP) is 4.08. The van der Waals surface area contributed by atoms with Crippen LogP contribution in [0.1, 0.15) is 38.5 Å². The number of urea groups is 1. The Morgan fingerprint density at radius 1 is 0.875 bits per heavy atom. The van der Waals surface area contributed by atoms with E-state index in [4.69, 9.17) is 4.74 Å². The van der Waals surface area contributed by atoms with Gasteiger partial charge in [-0.15, -0.1) is 0 Å². The maximum Gasteiger partial charge on any atom is 0.329 e. The van der Waals surface area contributed by atoms with Gasteiger partial charge < -0.3 is 15.0 Å². The number of rotatable bonds is 4. The van der Waals surface area contributed by atoms with Crippen LogP contribution in [0, 0.1) is 5.92 Å². The van der Waals surface area contributed by atoms with Crippen LogP contribution in [0.4, 0.5) is 10.5 Å². The Balaban J connectivity index is 1.34. The number of hydrogen-bond acceptors (Lipinski definition) is 4. The van der Waals surface area contributed by atoms with Crippen molar-refractivity contribution < 1.29 is 19.1 Å². The van der Waals surface area contributed by atoms with E-state index in [0.29, 0.717) is 30.2 Å². The van der Waals surface area contributed by atoms with Crippen LogP contribution in [0.3, 0.4) is 0 Å². The van der Waals surface area contributed by atoms with Gasteiger partial charge in [-0.3, -0.25) is 9.59 Å². The molecule has 2 aromatic rings. The minimum Gasteiger partial charge on any atom is -0.457 e. The summed E-state index contributed by atoms with van der Waals surface area (Å²) in [6.07, 6.45) is 5.68. The molecule has 166 valence electrons. The predicted molar refractivity (Wildman–Crippen MR) is 119 cm³/mol. The fourth-order valence-electron chi connectivity index (χ4n) is 5.07. The van der Waals surface area contributed by atoms with Crippen LogP contribution in [0.2, 0.25) is 0 Å². The van der Waals surface area contributed by atoms with Gasteiger partial charge in [0.05, 0.1) is 11.7 Å². The largest absolute Gasteiger partial charge is 0.457 e. The topological polar surface area (TPSA) is 79.0 Å². The molecule has 3 fully saturated rings.